The van der Waals surface area contributed by atoms with Crippen LogP contribution in [0.5, 0.6) is 0 Å². The summed E-state index contributed by atoms with van der Waals surface area (Å²) < 4.78 is 5.78. The number of nitrogens with one attached hydrogen (secondary N) is 1. The number of carbonyl (C=O) groups is 4. The first-order chi connectivity index (χ1) is 18.1. The number of hydrogen-bond donors (Lipinski definition) is 1. The van der Waals surface area contributed by atoms with Crippen LogP contribution in [0.2, 0.25) is 0 Å². The van der Waals surface area contributed by atoms with Crippen molar-refractivity contribution in [2.75, 3.05) is 4.90 Å². The van der Waals surface area contributed by atoms with Gasteiger partial charge in [0.2, 0.25) is 11.8 Å². The van der Waals surface area contributed by atoms with Gasteiger partial charge in [0.25, 0.3) is 5.91 Å². The molecule has 3 aliphatic rings. The lowest BCUT2D eigenvalue weighted by molar-refractivity contribution is -0.134. The normalized spacial score (nSPS) is 21.0. The molecule has 6 rings (SSSR count). The summed E-state index contributed by atoms with van der Waals surface area (Å²) in [6.45, 7) is 5.91. The molecule has 1 saturated heterocycles. The molecule has 9 nitrogen and oxygen atoms in total. The van der Waals surface area contributed by atoms with Crippen molar-refractivity contribution >= 4 is 40.4 Å². The zero-order valence-corrected chi connectivity index (χ0v) is 21.5. The minimum Gasteiger partial charge on any atom is -0.444 e. The fourth-order valence-corrected chi connectivity index (χ4v) is 5.71. The van der Waals surface area contributed by atoms with E-state index in [4.69, 9.17) is 4.74 Å². The maximum absolute atomic E-state index is 13.5. The predicted molar refractivity (Wildman–Crippen MR) is 139 cm³/mol. The first-order valence-corrected chi connectivity index (χ1v) is 12.8. The van der Waals surface area contributed by atoms with Crippen molar-refractivity contribution in [3.8, 4) is 0 Å². The minimum absolute atomic E-state index is 0.169. The molecule has 1 fully saturated rings. The van der Waals surface area contributed by atoms with Gasteiger partial charge in [-0.25, -0.2) is 4.79 Å². The Kier molecular flexibility index (Phi) is 5.48. The highest BCUT2D eigenvalue weighted by Gasteiger charge is 2.42. The summed E-state index contributed by atoms with van der Waals surface area (Å²) in [5.74, 6) is -1.11. The van der Waals surface area contributed by atoms with E-state index < -0.39 is 23.6 Å². The number of anilines is 1. The van der Waals surface area contributed by atoms with Crippen molar-refractivity contribution in [3.05, 3.63) is 70.9 Å². The highest BCUT2D eigenvalue weighted by molar-refractivity contribution is 6.27. The molecule has 2 aromatic carbocycles. The summed E-state index contributed by atoms with van der Waals surface area (Å²) in [4.78, 5) is 59.2. The lowest BCUT2D eigenvalue weighted by Crippen LogP contribution is -2.53. The molecule has 9 heteroatoms. The number of ether oxygens (including phenoxy) is 1. The van der Waals surface area contributed by atoms with Gasteiger partial charge >= 0.3 is 6.09 Å². The highest BCUT2D eigenvalue weighted by Crippen LogP contribution is 2.44. The number of benzene rings is 2. The molecule has 2 atom stereocenters. The minimum atomic E-state index is -0.776. The van der Waals surface area contributed by atoms with Crippen molar-refractivity contribution < 1.29 is 23.9 Å². The van der Waals surface area contributed by atoms with Crippen molar-refractivity contribution in [1.29, 1.82) is 0 Å². The van der Waals surface area contributed by atoms with Crippen LogP contribution in [0.15, 0.2) is 48.7 Å². The Morgan fingerprint density at radius 3 is 2.53 bits per heavy atom. The maximum Gasteiger partial charge on any atom is 0.411 e. The van der Waals surface area contributed by atoms with E-state index in [9.17, 15) is 19.2 Å². The smallest absolute Gasteiger partial charge is 0.411 e. The molecule has 0 radical (unpaired) electrons. The molecule has 0 bridgehead atoms. The van der Waals surface area contributed by atoms with Crippen LogP contribution in [0.4, 0.5) is 10.5 Å². The Hall–Kier alpha value is -4.27. The SMILES string of the molecule is CC(C)(C)OC(=O)N1Cc2ccccc2C[C@H]1c1ccc2c3c(ccnc13)N(C1CCC(=O)NC1=O)C2=O. The van der Waals surface area contributed by atoms with E-state index in [-0.39, 0.29) is 30.7 Å². The molecule has 0 spiro atoms. The second-order valence-corrected chi connectivity index (χ2v) is 11.0. The number of fused-ring (bicyclic) bond motifs is 1. The molecule has 4 heterocycles. The third-order valence-corrected chi connectivity index (χ3v) is 7.37. The number of carbonyl (C=O) groups excluding carboxylic acids is 4. The molecule has 3 aliphatic heterocycles. The van der Waals surface area contributed by atoms with Gasteiger partial charge in [0.05, 0.1) is 22.8 Å². The molecule has 1 N–H and O–H groups in total. The third kappa shape index (κ3) is 3.89. The second kappa shape index (κ2) is 8.65. The van der Waals surface area contributed by atoms with Gasteiger partial charge in [-0.1, -0.05) is 30.3 Å². The van der Waals surface area contributed by atoms with Crippen LogP contribution in [0.25, 0.3) is 10.9 Å². The quantitative estimate of drug-likeness (QED) is 0.519. The summed E-state index contributed by atoms with van der Waals surface area (Å²) in [6.07, 6.45) is 2.20. The summed E-state index contributed by atoms with van der Waals surface area (Å²) in [5.41, 5.74) is 4.01. The van der Waals surface area contributed by atoms with Gasteiger partial charge in [-0.15, -0.1) is 0 Å². The number of aromatic nitrogens is 1. The predicted octanol–water partition coefficient (Wildman–Crippen LogP) is 4.03. The van der Waals surface area contributed by atoms with E-state index in [1.165, 1.54) is 4.90 Å². The first kappa shape index (κ1) is 24.1. The lowest BCUT2D eigenvalue weighted by atomic mass is 9.88. The number of hydrogen-bond acceptors (Lipinski definition) is 6. The van der Waals surface area contributed by atoms with Crippen LogP contribution in [0, 0.1) is 0 Å². The number of rotatable bonds is 2. The maximum atomic E-state index is 13.5. The molecule has 194 valence electrons. The second-order valence-electron chi connectivity index (χ2n) is 11.0. The van der Waals surface area contributed by atoms with Crippen molar-refractivity contribution in [3.63, 3.8) is 0 Å². The molecule has 0 saturated carbocycles. The topological polar surface area (TPSA) is 109 Å². The number of imide groups is 1. The summed E-state index contributed by atoms with van der Waals surface area (Å²) in [5, 5.41) is 3.00. The standard InChI is InChI=1S/C29H28N4O5/c1-29(2,3)38-28(37)32-15-17-7-5-4-6-16(17)14-22(32)18-8-9-19-24-20(12-13-30-25(18)24)33(27(19)36)21-10-11-23(34)31-26(21)35/h4-9,12-13,21-22H,10-11,14-15H2,1-3H3,(H,31,34,35)/t21?,22-/m0/s1. The molecular weight excluding hydrogens is 484 g/mol. The van der Waals surface area contributed by atoms with E-state index >= 15 is 0 Å². The van der Waals surface area contributed by atoms with Crippen molar-refractivity contribution in [2.24, 2.45) is 0 Å². The third-order valence-electron chi connectivity index (χ3n) is 7.37. The Balaban J connectivity index is 1.46. The Morgan fingerprint density at radius 2 is 1.79 bits per heavy atom. The van der Waals surface area contributed by atoms with E-state index in [1.54, 1.807) is 23.2 Å². The first-order valence-electron chi connectivity index (χ1n) is 12.8. The molecule has 38 heavy (non-hydrogen) atoms. The number of pyridine rings is 1. The number of piperidine rings is 1. The Bertz CT molecular complexity index is 1530. The Morgan fingerprint density at radius 1 is 1.03 bits per heavy atom. The number of amides is 4. The van der Waals surface area contributed by atoms with E-state index in [1.807, 2.05) is 45.0 Å². The largest absolute Gasteiger partial charge is 0.444 e. The van der Waals surface area contributed by atoms with Gasteiger partial charge in [-0.2, -0.15) is 0 Å². The van der Waals surface area contributed by atoms with Gasteiger partial charge in [0.1, 0.15) is 11.6 Å². The van der Waals surface area contributed by atoms with Crippen molar-refractivity contribution in [1.82, 2.24) is 15.2 Å². The fourth-order valence-electron chi connectivity index (χ4n) is 5.71. The average molecular weight is 513 g/mol. The van der Waals surface area contributed by atoms with E-state index in [0.29, 0.717) is 35.1 Å². The highest BCUT2D eigenvalue weighted by atomic mass is 16.6. The average Bonchev–Trinajstić information content (AvgIpc) is 3.15. The van der Waals surface area contributed by atoms with Crippen LogP contribution < -0.4 is 10.2 Å². The van der Waals surface area contributed by atoms with Gasteiger partial charge in [0, 0.05) is 30.1 Å². The monoisotopic (exact) mass is 512 g/mol. The molecule has 0 aliphatic carbocycles. The fraction of sp³-hybridized carbons (Fsp3) is 0.345. The van der Waals surface area contributed by atoms with Crippen molar-refractivity contribution in [2.45, 2.75) is 64.3 Å². The van der Waals surface area contributed by atoms with E-state index in [2.05, 4.69) is 16.4 Å². The number of nitrogens with zero attached hydrogens (tertiary/aromatic N) is 3. The van der Waals surface area contributed by atoms with Gasteiger partial charge in [-0.05, 0) is 56.9 Å². The summed E-state index contributed by atoms with van der Waals surface area (Å²) >= 11 is 0. The molecule has 1 unspecified atom stereocenters. The van der Waals surface area contributed by atoms with Crippen LogP contribution in [-0.2, 0) is 27.3 Å². The Labute approximate surface area is 219 Å². The summed E-state index contributed by atoms with van der Waals surface area (Å²) in [7, 11) is 0. The molecule has 4 amide bonds. The van der Waals surface area contributed by atoms with Gasteiger partial charge in [0.15, 0.2) is 0 Å². The van der Waals surface area contributed by atoms with Crippen LogP contribution >= 0.6 is 0 Å². The van der Waals surface area contributed by atoms with Crippen LogP contribution in [-0.4, -0.2) is 45.3 Å². The molecular formula is C29H28N4O5. The lowest BCUT2D eigenvalue weighted by Gasteiger charge is -2.38. The van der Waals surface area contributed by atoms with E-state index in [0.717, 1.165) is 16.7 Å². The van der Waals surface area contributed by atoms with Crippen LogP contribution in [0.3, 0.4) is 0 Å². The zero-order valence-electron chi connectivity index (χ0n) is 21.5. The van der Waals surface area contributed by atoms with Gasteiger partial charge in [-0.3, -0.25) is 34.5 Å². The molecule has 1 aromatic heterocycles. The van der Waals surface area contributed by atoms with Crippen LogP contribution in [0.1, 0.15) is 66.7 Å². The van der Waals surface area contributed by atoms with Gasteiger partial charge < -0.3 is 4.74 Å². The summed E-state index contributed by atoms with van der Waals surface area (Å²) in [6, 6.07) is 12.2. The molecule has 3 aromatic rings. The zero-order chi connectivity index (χ0) is 26.8.